The van der Waals surface area contributed by atoms with Crippen molar-refractivity contribution in [2.45, 2.75) is 12.8 Å². The molecule has 0 unspecified atom stereocenters. The van der Waals surface area contributed by atoms with E-state index in [-0.39, 0.29) is 11.3 Å². The standard InChI is InChI=1S/C21H19N5O4/c27-20(15-7-5-8-16(12-15)26(29)30)23-24-21(28)17-13-14-6-1-2-9-18(14)22-19(17)25-10-3-4-11-25/h1-2,5-9,12-13H,3-4,10-11H2,(H,23,27)(H,24,28). The minimum absolute atomic E-state index is 0.0703. The van der Waals surface area contributed by atoms with Crippen LogP contribution in [0.5, 0.6) is 0 Å². The average molecular weight is 405 g/mol. The monoisotopic (exact) mass is 405 g/mol. The van der Waals surface area contributed by atoms with Gasteiger partial charge in [-0.3, -0.25) is 30.6 Å². The molecule has 1 aromatic heterocycles. The second-order valence-corrected chi connectivity index (χ2v) is 6.96. The van der Waals surface area contributed by atoms with Crippen LogP contribution >= 0.6 is 0 Å². The summed E-state index contributed by atoms with van der Waals surface area (Å²) in [6, 6.07) is 14.6. The minimum Gasteiger partial charge on any atom is -0.356 e. The first kappa shape index (κ1) is 19.3. The first-order chi connectivity index (χ1) is 14.5. The number of anilines is 1. The highest BCUT2D eigenvalue weighted by atomic mass is 16.6. The molecule has 2 amide bonds. The van der Waals surface area contributed by atoms with Gasteiger partial charge >= 0.3 is 0 Å². The quantitative estimate of drug-likeness (QED) is 0.509. The number of amides is 2. The van der Waals surface area contributed by atoms with E-state index in [4.69, 9.17) is 0 Å². The number of fused-ring (bicyclic) bond motifs is 1. The maximum Gasteiger partial charge on any atom is 0.273 e. The zero-order chi connectivity index (χ0) is 21.1. The van der Waals surface area contributed by atoms with Crippen LogP contribution < -0.4 is 15.8 Å². The van der Waals surface area contributed by atoms with Crippen LogP contribution in [0.4, 0.5) is 11.5 Å². The van der Waals surface area contributed by atoms with Gasteiger partial charge in [0, 0.05) is 36.2 Å². The van der Waals surface area contributed by atoms with E-state index in [1.807, 2.05) is 24.3 Å². The van der Waals surface area contributed by atoms with Crippen molar-refractivity contribution in [2.75, 3.05) is 18.0 Å². The van der Waals surface area contributed by atoms with Crippen LogP contribution in [0.3, 0.4) is 0 Å². The molecule has 0 spiro atoms. The third-order valence-corrected chi connectivity index (χ3v) is 4.96. The first-order valence-corrected chi connectivity index (χ1v) is 9.53. The zero-order valence-electron chi connectivity index (χ0n) is 16.0. The van der Waals surface area contributed by atoms with Crippen LogP contribution in [0.2, 0.25) is 0 Å². The molecule has 9 heteroatoms. The number of para-hydroxylation sites is 1. The number of carbonyl (C=O) groups is 2. The van der Waals surface area contributed by atoms with Crippen molar-refractivity contribution in [3.05, 3.63) is 75.8 Å². The molecule has 2 N–H and O–H groups in total. The Hall–Kier alpha value is -4.01. The van der Waals surface area contributed by atoms with Gasteiger partial charge in [0.15, 0.2) is 0 Å². The number of non-ortho nitro benzene ring substituents is 1. The van der Waals surface area contributed by atoms with Crippen molar-refractivity contribution in [1.82, 2.24) is 15.8 Å². The fourth-order valence-corrected chi connectivity index (χ4v) is 3.46. The van der Waals surface area contributed by atoms with E-state index in [0.29, 0.717) is 11.4 Å². The molecule has 1 fully saturated rings. The third-order valence-electron chi connectivity index (χ3n) is 4.96. The zero-order valence-corrected chi connectivity index (χ0v) is 16.0. The van der Waals surface area contributed by atoms with Crippen molar-refractivity contribution in [2.24, 2.45) is 0 Å². The summed E-state index contributed by atoms with van der Waals surface area (Å²) in [4.78, 5) is 42.2. The number of hydrazine groups is 1. The predicted molar refractivity (Wildman–Crippen MR) is 111 cm³/mol. The molecule has 2 heterocycles. The number of nitro benzene ring substituents is 1. The fourth-order valence-electron chi connectivity index (χ4n) is 3.46. The Morgan fingerprint density at radius 2 is 1.70 bits per heavy atom. The summed E-state index contributed by atoms with van der Waals surface area (Å²) < 4.78 is 0. The topological polar surface area (TPSA) is 117 Å². The van der Waals surface area contributed by atoms with Gasteiger partial charge in [-0.1, -0.05) is 24.3 Å². The SMILES string of the molecule is O=C(NNC(=O)c1cc2ccccc2nc1N1CCCC1)c1cccc([N+](=O)[O-])c1. The Kier molecular flexibility index (Phi) is 5.25. The van der Waals surface area contributed by atoms with E-state index in [9.17, 15) is 19.7 Å². The van der Waals surface area contributed by atoms with E-state index in [2.05, 4.69) is 20.7 Å². The van der Waals surface area contributed by atoms with Crippen molar-refractivity contribution in [3.63, 3.8) is 0 Å². The lowest BCUT2D eigenvalue weighted by atomic mass is 10.1. The number of pyridine rings is 1. The van der Waals surface area contributed by atoms with E-state index < -0.39 is 16.7 Å². The third kappa shape index (κ3) is 3.90. The Bertz CT molecular complexity index is 1140. The number of nitrogens with one attached hydrogen (secondary N) is 2. The Morgan fingerprint density at radius 1 is 0.967 bits per heavy atom. The van der Waals surface area contributed by atoms with Gasteiger partial charge < -0.3 is 4.90 Å². The lowest BCUT2D eigenvalue weighted by Gasteiger charge is -2.20. The maximum absolute atomic E-state index is 12.9. The van der Waals surface area contributed by atoms with Crippen molar-refractivity contribution in [1.29, 1.82) is 0 Å². The van der Waals surface area contributed by atoms with Crippen LogP contribution in [-0.4, -0.2) is 34.8 Å². The molecule has 9 nitrogen and oxygen atoms in total. The molecule has 3 aromatic rings. The number of carbonyl (C=O) groups excluding carboxylic acids is 2. The van der Waals surface area contributed by atoms with E-state index in [1.54, 1.807) is 6.07 Å². The molecule has 0 atom stereocenters. The number of rotatable bonds is 4. The largest absolute Gasteiger partial charge is 0.356 e. The second kappa shape index (κ2) is 8.16. The van der Waals surface area contributed by atoms with E-state index >= 15 is 0 Å². The summed E-state index contributed by atoms with van der Waals surface area (Å²) in [5, 5.41) is 11.7. The summed E-state index contributed by atoms with van der Waals surface area (Å²) in [5.74, 6) is -0.578. The van der Waals surface area contributed by atoms with Crippen molar-refractivity contribution in [3.8, 4) is 0 Å². The maximum atomic E-state index is 12.9. The number of aromatic nitrogens is 1. The molecule has 0 aliphatic carbocycles. The summed E-state index contributed by atoms with van der Waals surface area (Å²) in [6.45, 7) is 1.62. The van der Waals surface area contributed by atoms with Gasteiger partial charge in [0.05, 0.1) is 16.0 Å². The molecule has 1 saturated heterocycles. The molecule has 1 aliphatic rings. The van der Waals surface area contributed by atoms with Crippen LogP contribution in [0.15, 0.2) is 54.6 Å². The Morgan fingerprint density at radius 3 is 2.47 bits per heavy atom. The molecule has 0 bridgehead atoms. The normalized spacial score (nSPS) is 13.3. The van der Waals surface area contributed by atoms with Crippen LogP contribution in [-0.2, 0) is 0 Å². The molecule has 2 aromatic carbocycles. The van der Waals surface area contributed by atoms with Gasteiger partial charge in [-0.2, -0.15) is 0 Å². The fraction of sp³-hybridized carbons (Fsp3) is 0.190. The van der Waals surface area contributed by atoms with Crippen LogP contribution in [0.1, 0.15) is 33.6 Å². The lowest BCUT2D eigenvalue weighted by molar-refractivity contribution is -0.384. The lowest BCUT2D eigenvalue weighted by Crippen LogP contribution is -2.42. The Labute approximate surface area is 171 Å². The van der Waals surface area contributed by atoms with Crippen molar-refractivity contribution < 1.29 is 14.5 Å². The highest BCUT2D eigenvalue weighted by molar-refractivity contribution is 6.04. The summed E-state index contributed by atoms with van der Waals surface area (Å²) in [7, 11) is 0. The first-order valence-electron chi connectivity index (χ1n) is 9.53. The van der Waals surface area contributed by atoms with Gasteiger partial charge in [0.1, 0.15) is 5.82 Å². The highest BCUT2D eigenvalue weighted by Gasteiger charge is 2.22. The second-order valence-electron chi connectivity index (χ2n) is 6.96. The van der Waals surface area contributed by atoms with Gasteiger partial charge in [-0.15, -0.1) is 0 Å². The smallest absolute Gasteiger partial charge is 0.273 e. The molecule has 1 aliphatic heterocycles. The number of hydrogen-bond donors (Lipinski definition) is 2. The molecule has 152 valence electrons. The average Bonchev–Trinajstić information content (AvgIpc) is 3.31. The Balaban J connectivity index is 1.56. The van der Waals surface area contributed by atoms with Gasteiger partial charge in [0.2, 0.25) is 0 Å². The summed E-state index contributed by atoms with van der Waals surface area (Å²) >= 11 is 0. The molecular weight excluding hydrogens is 386 g/mol. The van der Waals surface area contributed by atoms with E-state index in [0.717, 1.165) is 42.9 Å². The van der Waals surface area contributed by atoms with Crippen LogP contribution in [0.25, 0.3) is 10.9 Å². The molecule has 4 rings (SSSR count). The van der Waals surface area contributed by atoms with Gasteiger partial charge in [-0.25, -0.2) is 4.98 Å². The van der Waals surface area contributed by atoms with Gasteiger partial charge in [0.25, 0.3) is 17.5 Å². The molecule has 30 heavy (non-hydrogen) atoms. The number of benzene rings is 2. The number of nitrogens with zero attached hydrogens (tertiary/aromatic N) is 3. The predicted octanol–water partition coefficient (Wildman–Crippen LogP) is 2.82. The highest BCUT2D eigenvalue weighted by Crippen LogP contribution is 2.26. The van der Waals surface area contributed by atoms with Gasteiger partial charge in [-0.05, 0) is 31.0 Å². The number of hydrogen-bond acceptors (Lipinski definition) is 6. The summed E-state index contributed by atoms with van der Waals surface area (Å²) in [5.41, 5.74) is 5.73. The van der Waals surface area contributed by atoms with Crippen LogP contribution in [0, 0.1) is 10.1 Å². The summed E-state index contributed by atoms with van der Waals surface area (Å²) in [6.07, 6.45) is 2.05. The van der Waals surface area contributed by atoms with Crippen molar-refractivity contribution >= 4 is 34.2 Å². The molecule has 0 radical (unpaired) electrons. The number of nitro groups is 1. The molecule has 0 saturated carbocycles. The van der Waals surface area contributed by atoms with E-state index in [1.165, 1.54) is 18.2 Å². The molecular formula is C21H19N5O4. The minimum atomic E-state index is -0.650.